The molecule has 4 N–H and O–H groups in total. The quantitative estimate of drug-likeness (QED) is 0.303. The number of nitrogens with two attached hydrogens (primary N) is 1. The number of amidine groups is 1. The zero-order valence-electron chi connectivity index (χ0n) is 5.40. The van der Waals surface area contributed by atoms with E-state index in [0.717, 1.165) is 6.54 Å². The van der Waals surface area contributed by atoms with Crippen LogP contribution >= 0.6 is 12.2 Å². The Balaban J connectivity index is 3.39. The van der Waals surface area contributed by atoms with E-state index in [0.29, 0.717) is 11.4 Å². The van der Waals surface area contributed by atoms with Gasteiger partial charge in [-0.2, -0.15) is 0 Å². The van der Waals surface area contributed by atoms with Gasteiger partial charge in [0.2, 0.25) is 0 Å². The molecule has 0 aliphatic heterocycles. The minimum Gasteiger partial charge on any atom is -0.387 e. The minimum absolute atomic E-state index is 0.112. The summed E-state index contributed by atoms with van der Waals surface area (Å²) in [5, 5.41) is 9.74. The average Bonchev–Trinajstić information content (AvgIpc) is 1.63. The van der Waals surface area contributed by atoms with Gasteiger partial charge < -0.3 is 11.1 Å². The summed E-state index contributed by atoms with van der Waals surface area (Å²) >= 11 is 4.80. The zero-order valence-corrected chi connectivity index (χ0v) is 6.22. The molecule has 0 rings (SSSR count). The minimum atomic E-state index is 0.112. The van der Waals surface area contributed by atoms with Gasteiger partial charge in [0.25, 0.3) is 0 Å². The molecule has 0 atom stereocenters. The van der Waals surface area contributed by atoms with Crippen molar-refractivity contribution in [2.45, 2.75) is 13.3 Å². The smallest absolute Gasteiger partial charge is 0.0974 e. The molecule has 0 bridgehead atoms. The Hall–Kier alpha value is -0.640. The first kappa shape index (κ1) is 8.36. The van der Waals surface area contributed by atoms with Crippen LogP contribution in [0.2, 0.25) is 0 Å². The van der Waals surface area contributed by atoms with Crippen molar-refractivity contribution < 1.29 is 0 Å². The van der Waals surface area contributed by atoms with Gasteiger partial charge in [-0.25, -0.2) is 0 Å². The van der Waals surface area contributed by atoms with Crippen molar-refractivity contribution in [2.75, 3.05) is 6.54 Å². The topological polar surface area (TPSA) is 61.9 Å². The molecule has 0 aliphatic rings. The van der Waals surface area contributed by atoms with Crippen LogP contribution in [0.1, 0.15) is 13.3 Å². The molecule has 0 aromatic carbocycles. The number of rotatable bonds is 3. The molecule has 0 heterocycles. The third-order valence-corrected chi connectivity index (χ3v) is 1.01. The maximum Gasteiger partial charge on any atom is 0.0974 e. The second-order valence-corrected chi connectivity index (χ2v) is 2.15. The third kappa shape index (κ3) is 5.23. The van der Waals surface area contributed by atoms with E-state index in [1.165, 1.54) is 0 Å². The Bertz CT molecular complexity index is 121. The Morgan fingerprint density at radius 3 is 2.67 bits per heavy atom. The molecule has 0 aromatic rings. The van der Waals surface area contributed by atoms with E-state index in [9.17, 15) is 0 Å². The largest absolute Gasteiger partial charge is 0.387 e. The Morgan fingerprint density at radius 1 is 1.78 bits per heavy atom. The van der Waals surface area contributed by atoms with E-state index >= 15 is 0 Å². The second kappa shape index (κ2) is 4.26. The highest BCUT2D eigenvalue weighted by Crippen LogP contribution is 1.79. The standard InChI is InChI=1S/C5H11N3S/c1-2-8-5(9)3-4(6)7/h2-3H2,1H3,(H3,6,7)(H,8,9). The zero-order chi connectivity index (χ0) is 7.28. The molecule has 4 heteroatoms. The van der Waals surface area contributed by atoms with E-state index in [1.54, 1.807) is 0 Å². The lowest BCUT2D eigenvalue weighted by Gasteiger charge is -2.01. The predicted molar refractivity (Wildman–Crippen MR) is 42.8 cm³/mol. The monoisotopic (exact) mass is 145 g/mol. The van der Waals surface area contributed by atoms with Crippen LogP contribution in [0.3, 0.4) is 0 Å². The molecule has 3 nitrogen and oxygen atoms in total. The number of thiocarbonyl (C=S) groups is 1. The maximum absolute atomic E-state index is 6.85. The van der Waals surface area contributed by atoms with Crippen LogP contribution < -0.4 is 11.1 Å². The van der Waals surface area contributed by atoms with Gasteiger partial charge in [0.15, 0.2) is 0 Å². The van der Waals surface area contributed by atoms with E-state index in [2.05, 4.69) is 5.32 Å². The fraction of sp³-hybridized carbons (Fsp3) is 0.600. The molecule has 0 amide bonds. The fourth-order valence-corrected chi connectivity index (χ4v) is 0.732. The molecule has 0 spiro atoms. The highest BCUT2D eigenvalue weighted by atomic mass is 32.1. The molecule has 0 unspecified atom stereocenters. The van der Waals surface area contributed by atoms with E-state index in [1.807, 2.05) is 6.92 Å². The van der Waals surface area contributed by atoms with Gasteiger partial charge in [0.1, 0.15) is 0 Å². The van der Waals surface area contributed by atoms with Crippen LogP contribution in [0.15, 0.2) is 0 Å². The number of hydrogen-bond donors (Lipinski definition) is 3. The van der Waals surface area contributed by atoms with Crippen molar-refractivity contribution >= 4 is 23.0 Å². The van der Waals surface area contributed by atoms with Crippen molar-refractivity contribution in [1.29, 1.82) is 5.41 Å². The normalized spacial score (nSPS) is 8.56. The second-order valence-electron chi connectivity index (χ2n) is 1.66. The first-order valence-electron chi connectivity index (χ1n) is 2.76. The van der Waals surface area contributed by atoms with Crippen molar-refractivity contribution in [3.8, 4) is 0 Å². The van der Waals surface area contributed by atoms with Crippen molar-refractivity contribution in [3.63, 3.8) is 0 Å². The van der Waals surface area contributed by atoms with Crippen LogP contribution in [0.4, 0.5) is 0 Å². The lowest BCUT2D eigenvalue weighted by molar-refractivity contribution is 0.969. The number of nitrogens with one attached hydrogen (secondary N) is 2. The Labute approximate surface area is 60.1 Å². The van der Waals surface area contributed by atoms with Crippen molar-refractivity contribution in [2.24, 2.45) is 5.73 Å². The van der Waals surface area contributed by atoms with Gasteiger partial charge in [0.05, 0.1) is 17.2 Å². The first-order chi connectivity index (χ1) is 4.16. The van der Waals surface area contributed by atoms with Crippen LogP contribution in [-0.2, 0) is 0 Å². The molecule has 9 heavy (non-hydrogen) atoms. The summed E-state index contributed by atoms with van der Waals surface area (Å²) in [4.78, 5) is 0.644. The summed E-state index contributed by atoms with van der Waals surface area (Å²) in [7, 11) is 0. The summed E-state index contributed by atoms with van der Waals surface area (Å²) in [5.74, 6) is 0.112. The third-order valence-electron chi connectivity index (χ3n) is 0.725. The highest BCUT2D eigenvalue weighted by molar-refractivity contribution is 7.80. The molecular formula is C5H11N3S. The Kier molecular flexibility index (Phi) is 3.96. The summed E-state index contributed by atoms with van der Waals surface area (Å²) in [6.07, 6.45) is 0.378. The summed E-state index contributed by atoms with van der Waals surface area (Å²) in [6, 6.07) is 0. The van der Waals surface area contributed by atoms with Crippen molar-refractivity contribution in [1.82, 2.24) is 5.32 Å². The maximum atomic E-state index is 6.85. The predicted octanol–water partition coefficient (Wildman–Crippen LogP) is 0.249. The molecule has 0 radical (unpaired) electrons. The fourth-order valence-electron chi connectivity index (χ4n) is 0.433. The molecule has 52 valence electrons. The average molecular weight is 145 g/mol. The van der Waals surface area contributed by atoms with Gasteiger partial charge in [-0.3, -0.25) is 5.41 Å². The SMILES string of the molecule is CCNC(=S)CC(=N)N. The van der Waals surface area contributed by atoms with Crippen LogP contribution in [0.25, 0.3) is 0 Å². The molecule has 0 aromatic heterocycles. The summed E-state index contributed by atoms with van der Waals surface area (Å²) in [5.41, 5.74) is 5.08. The van der Waals surface area contributed by atoms with Gasteiger partial charge >= 0.3 is 0 Å². The molecular weight excluding hydrogens is 134 g/mol. The van der Waals surface area contributed by atoms with Crippen molar-refractivity contribution in [3.05, 3.63) is 0 Å². The van der Waals surface area contributed by atoms with E-state index < -0.39 is 0 Å². The molecule has 0 fully saturated rings. The first-order valence-corrected chi connectivity index (χ1v) is 3.17. The highest BCUT2D eigenvalue weighted by Gasteiger charge is 1.94. The molecule has 0 aliphatic carbocycles. The van der Waals surface area contributed by atoms with Gasteiger partial charge in [-0.1, -0.05) is 12.2 Å². The Morgan fingerprint density at radius 2 is 2.33 bits per heavy atom. The van der Waals surface area contributed by atoms with Gasteiger partial charge in [0, 0.05) is 6.54 Å². The van der Waals surface area contributed by atoms with Crippen LogP contribution in [0.5, 0.6) is 0 Å². The van der Waals surface area contributed by atoms with Crippen LogP contribution in [0, 0.1) is 5.41 Å². The molecule has 0 saturated heterocycles. The lowest BCUT2D eigenvalue weighted by Crippen LogP contribution is -2.26. The van der Waals surface area contributed by atoms with E-state index in [-0.39, 0.29) is 5.84 Å². The number of hydrogen-bond acceptors (Lipinski definition) is 2. The summed E-state index contributed by atoms with van der Waals surface area (Å²) in [6.45, 7) is 2.75. The van der Waals surface area contributed by atoms with E-state index in [4.69, 9.17) is 23.4 Å². The van der Waals surface area contributed by atoms with Gasteiger partial charge in [-0.15, -0.1) is 0 Å². The summed E-state index contributed by atoms with van der Waals surface area (Å²) < 4.78 is 0. The molecule has 0 saturated carbocycles. The van der Waals surface area contributed by atoms with Crippen LogP contribution in [-0.4, -0.2) is 17.4 Å². The van der Waals surface area contributed by atoms with Gasteiger partial charge in [-0.05, 0) is 6.92 Å². The lowest BCUT2D eigenvalue weighted by atomic mass is 10.4.